The molecule has 1 aliphatic rings. The fourth-order valence-corrected chi connectivity index (χ4v) is 2.52. The molecule has 0 spiro atoms. The third-order valence-corrected chi connectivity index (χ3v) is 3.80. The van der Waals surface area contributed by atoms with Gasteiger partial charge in [-0.2, -0.15) is 0 Å². The molecule has 1 aromatic heterocycles. The van der Waals surface area contributed by atoms with Crippen molar-refractivity contribution in [3.63, 3.8) is 0 Å². The summed E-state index contributed by atoms with van der Waals surface area (Å²) in [5.41, 5.74) is 8.71. The predicted octanol–water partition coefficient (Wildman–Crippen LogP) is 1.95. The second-order valence-corrected chi connectivity index (χ2v) is 4.80. The van der Waals surface area contributed by atoms with E-state index in [4.69, 9.17) is 10.2 Å². The van der Waals surface area contributed by atoms with Gasteiger partial charge in [-0.05, 0) is 43.9 Å². The minimum absolute atomic E-state index is 0.194. The number of aromatic nitrogens is 1. The Labute approximate surface area is 99.0 Å². The van der Waals surface area contributed by atoms with Crippen LogP contribution in [-0.2, 0) is 12.1 Å². The average molecular weight is 232 g/mol. The van der Waals surface area contributed by atoms with Gasteiger partial charge in [0.05, 0.1) is 5.52 Å². The molecule has 90 valence electrons. The summed E-state index contributed by atoms with van der Waals surface area (Å²) >= 11 is 0. The standard InChI is InChI=1S/C13H16N2O2/c1-2-15-10-8-9(13(14)6-3-7-13)4-5-11(10)17-12(15)16/h4-5,8H,2-3,6-7,14H2,1H3. The summed E-state index contributed by atoms with van der Waals surface area (Å²) in [5, 5.41) is 0. The molecule has 0 radical (unpaired) electrons. The fraction of sp³-hybridized carbons (Fsp3) is 0.462. The number of benzene rings is 1. The van der Waals surface area contributed by atoms with Crippen LogP contribution in [0.4, 0.5) is 0 Å². The summed E-state index contributed by atoms with van der Waals surface area (Å²) in [6, 6.07) is 5.83. The molecule has 0 amide bonds. The lowest BCUT2D eigenvalue weighted by molar-refractivity contribution is 0.254. The Balaban J connectivity index is 2.20. The lowest BCUT2D eigenvalue weighted by atomic mass is 9.73. The van der Waals surface area contributed by atoms with Gasteiger partial charge in [-0.15, -0.1) is 0 Å². The summed E-state index contributed by atoms with van der Waals surface area (Å²) in [4.78, 5) is 11.6. The Hall–Kier alpha value is -1.55. The first-order chi connectivity index (χ1) is 8.14. The van der Waals surface area contributed by atoms with Crippen LogP contribution in [0.1, 0.15) is 31.7 Å². The monoisotopic (exact) mass is 232 g/mol. The van der Waals surface area contributed by atoms with Gasteiger partial charge in [0.1, 0.15) is 0 Å². The average Bonchev–Trinajstić information content (AvgIpc) is 2.60. The zero-order valence-corrected chi connectivity index (χ0v) is 9.90. The van der Waals surface area contributed by atoms with Gasteiger partial charge in [0.2, 0.25) is 0 Å². The van der Waals surface area contributed by atoms with E-state index in [1.807, 2.05) is 25.1 Å². The van der Waals surface area contributed by atoms with Crippen molar-refractivity contribution in [1.29, 1.82) is 0 Å². The lowest BCUT2D eigenvalue weighted by Gasteiger charge is -2.38. The minimum atomic E-state index is -0.292. The quantitative estimate of drug-likeness (QED) is 0.860. The molecule has 2 aromatic rings. The molecule has 1 aromatic carbocycles. The molecule has 0 unspecified atom stereocenters. The Morgan fingerprint density at radius 2 is 2.24 bits per heavy atom. The second kappa shape index (κ2) is 3.47. The van der Waals surface area contributed by atoms with Crippen molar-refractivity contribution in [2.24, 2.45) is 5.73 Å². The SMILES string of the molecule is CCn1c(=O)oc2ccc(C3(N)CCC3)cc21. The Kier molecular flexibility index (Phi) is 2.16. The number of rotatable bonds is 2. The molecule has 4 nitrogen and oxygen atoms in total. The smallest absolute Gasteiger partial charge is 0.408 e. The first-order valence-corrected chi connectivity index (χ1v) is 6.07. The molecule has 0 aliphatic heterocycles. The van der Waals surface area contributed by atoms with Crippen LogP contribution in [0.5, 0.6) is 0 Å². The lowest BCUT2D eigenvalue weighted by Crippen LogP contribution is -2.43. The number of nitrogens with two attached hydrogens (primary N) is 1. The fourth-order valence-electron chi connectivity index (χ4n) is 2.52. The Bertz CT molecular complexity index is 620. The topological polar surface area (TPSA) is 61.2 Å². The van der Waals surface area contributed by atoms with Crippen molar-refractivity contribution in [2.75, 3.05) is 0 Å². The van der Waals surface area contributed by atoms with E-state index >= 15 is 0 Å². The van der Waals surface area contributed by atoms with Gasteiger partial charge in [-0.25, -0.2) is 4.79 Å². The Morgan fingerprint density at radius 3 is 2.82 bits per heavy atom. The zero-order chi connectivity index (χ0) is 12.0. The van der Waals surface area contributed by atoms with Gasteiger partial charge in [0.15, 0.2) is 5.58 Å². The molecule has 2 N–H and O–H groups in total. The number of aryl methyl sites for hydroxylation is 1. The number of hydrogen-bond donors (Lipinski definition) is 1. The predicted molar refractivity (Wildman–Crippen MR) is 65.9 cm³/mol. The van der Waals surface area contributed by atoms with Crippen LogP contribution in [0.2, 0.25) is 0 Å². The summed E-state index contributed by atoms with van der Waals surface area (Å²) in [6.45, 7) is 2.55. The van der Waals surface area contributed by atoms with E-state index in [1.54, 1.807) is 4.57 Å². The van der Waals surface area contributed by atoms with E-state index in [1.165, 1.54) is 6.42 Å². The number of hydrogen-bond acceptors (Lipinski definition) is 3. The maximum absolute atomic E-state index is 11.6. The Morgan fingerprint density at radius 1 is 1.47 bits per heavy atom. The number of nitrogens with zero attached hydrogens (tertiary/aromatic N) is 1. The molecule has 1 fully saturated rings. The van der Waals surface area contributed by atoms with Crippen molar-refractivity contribution in [1.82, 2.24) is 4.57 Å². The van der Waals surface area contributed by atoms with Crippen LogP contribution in [0.15, 0.2) is 27.4 Å². The molecule has 1 heterocycles. The first-order valence-electron chi connectivity index (χ1n) is 6.07. The van der Waals surface area contributed by atoms with Gasteiger partial charge in [-0.1, -0.05) is 6.07 Å². The minimum Gasteiger partial charge on any atom is -0.408 e. The molecule has 1 aliphatic carbocycles. The van der Waals surface area contributed by atoms with Crippen molar-refractivity contribution >= 4 is 11.1 Å². The van der Waals surface area contributed by atoms with E-state index < -0.39 is 0 Å². The van der Waals surface area contributed by atoms with Gasteiger partial charge in [0.25, 0.3) is 0 Å². The highest BCUT2D eigenvalue weighted by atomic mass is 16.4. The molecule has 0 saturated heterocycles. The second-order valence-electron chi connectivity index (χ2n) is 4.80. The van der Waals surface area contributed by atoms with E-state index in [9.17, 15) is 4.79 Å². The molecule has 4 heteroatoms. The molecule has 3 rings (SSSR count). The third-order valence-electron chi connectivity index (χ3n) is 3.80. The van der Waals surface area contributed by atoms with E-state index in [2.05, 4.69) is 0 Å². The molecule has 0 bridgehead atoms. The molecule has 0 atom stereocenters. The number of oxazole rings is 1. The van der Waals surface area contributed by atoms with Crippen LogP contribution in [0, 0.1) is 0 Å². The van der Waals surface area contributed by atoms with Gasteiger partial charge < -0.3 is 10.2 Å². The van der Waals surface area contributed by atoms with Crippen LogP contribution >= 0.6 is 0 Å². The number of fused-ring (bicyclic) bond motifs is 1. The van der Waals surface area contributed by atoms with Crippen LogP contribution in [-0.4, -0.2) is 4.57 Å². The third kappa shape index (κ3) is 1.44. The van der Waals surface area contributed by atoms with E-state index in [0.717, 1.165) is 23.9 Å². The molecule has 1 saturated carbocycles. The highest BCUT2D eigenvalue weighted by Crippen LogP contribution is 2.39. The summed E-state index contributed by atoms with van der Waals surface area (Å²) in [6.07, 6.45) is 3.22. The van der Waals surface area contributed by atoms with Crippen molar-refractivity contribution in [2.45, 2.75) is 38.3 Å². The zero-order valence-electron chi connectivity index (χ0n) is 9.90. The highest BCUT2D eigenvalue weighted by molar-refractivity contribution is 5.74. The summed E-state index contributed by atoms with van der Waals surface area (Å²) in [5.74, 6) is -0.292. The van der Waals surface area contributed by atoms with E-state index in [0.29, 0.717) is 12.1 Å². The highest BCUT2D eigenvalue weighted by Gasteiger charge is 2.34. The maximum Gasteiger partial charge on any atom is 0.419 e. The summed E-state index contributed by atoms with van der Waals surface area (Å²) < 4.78 is 6.82. The molecule has 17 heavy (non-hydrogen) atoms. The van der Waals surface area contributed by atoms with Crippen LogP contribution in [0.3, 0.4) is 0 Å². The largest absolute Gasteiger partial charge is 0.419 e. The first kappa shape index (κ1) is 10.6. The van der Waals surface area contributed by atoms with E-state index in [-0.39, 0.29) is 11.3 Å². The van der Waals surface area contributed by atoms with Crippen LogP contribution < -0.4 is 11.5 Å². The van der Waals surface area contributed by atoms with Crippen molar-refractivity contribution < 1.29 is 4.42 Å². The van der Waals surface area contributed by atoms with Gasteiger partial charge >= 0.3 is 5.76 Å². The van der Waals surface area contributed by atoms with Gasteiger partial charge in [0, 0.05) is 12.1 Å². The summed E-state index contributed by atoms with van der Waals surface area (Å²) in [7, 11) is 0. The normalized spacial score (nSPS) is 18.2. The van der Waals surface area contributed by atoms with Crippen molar-refractivity contribution in [3.8, 4) is 0 Å². The van der Waals surface area contributed by atoms with Crippen molar-refractivity contribution in [3.05, 3.63) is 34.3 Å². The molecular weight excluding hydrogens is 216 g/mol. The maximum atomic E-state index is 11.6. The van der Waals surface area contributed by atoms with Gasteiger partial charge in [-0.3, -0.25) is 4.57 Å². The molecular formula is C13H16N2O2. The van der Waals surface area contributed by atoms with Crippen LogP contribution in [0.25, 0.3) is 11.1 Å².